The van der Waals surface area contributed by atoms with Gasteiger partial charge in [0.2, 0.25) is 5.91 Å². The molecule has 0 saturated heterocycles. The number of hydrogen-bond acceptors (Lipinski definition) is 5. The quantitative estimate of drug-likeness (QED) is 0.376. The molecule has 7 nitrogen and oxygen atoms in total. The van der Waals surface area contributed by atoms with Gasteiger partial charge in [-0.1, -0.05) is 27.2 Å². The predicted molar refractivity (Wildman–Crippen MR) is 63.0 cm³/mol. The fraction of sp³-hybridized carbons (Fsp3) is 0.900. The number of unbranched alkanes of at least 4 members (excludes halogenated alkanes) is 1. The van der Waals surface area contributed by atoms with Crippen LogP contribution in [0.3, 0.4) is 0 Å². The van der Waals surface area contributed by atoms with Crippen molar-refractivity contribution in [3.63, 3.8) is 0 Å². The van der Waals surface area contributed by atoms with Crippen LogP contribution < -0.4 is 5.32 Å². The third kappa shape index (κ3) is 17.3. The molecule has 0 aliphatic carbocycles. The zero-order valence-corrected chi connectivity index (χ0v) is 10.7. The van der Waals surface area contributed by atoms with Crippen LogP contribution >= 0.6 is 0 Å². The van der Waals surface area contributed by atoms with Gasteiger partial charge in [-0.3, -0.25) is 4.79 Å². The number of nitrogens with one attached hydrogen (secondary N) is 1. The van der Waals surface area contributed by atoms with Crippen molar-refractivity contribution >= 4 is 5.91 Å². The fourth-order valence-electron chi connectivity index (χ4n) is 0.791. The molecule has 0 unspecified atom stereocenters. The monoisotopic (exact) mass is 250 g/mol. The molecule has 17 heavy (non-hydrogen) atoms. The molecular formula is C10H22N2O5. The molecule has 0 spiro atoms. The zero-order valence-electron chi connectivity index (χ0n) is 10.7. The van der Waals surface area contributed by atoms with E-state index in [9.17, 15) is 14.9 Å². The van der Waals surface area contributed by atoms with Gasteiger partial charge in [-0.2, -0.15) is 0 Å². The largest absolute Gasteiger partial charge is 0.370 e. The average molecular weight is 250 g/mol. The Hall–Kier alpha value is -1.37. The lowest BCUT2D eigenvalue weighted by Crippen LogP contribution is -2.29. The fourth-order valence-corrected chi connectivity index (χ4v) is 0.791. The summed E-state index contributed by atoms with van der Waals surface area (Å²) >= 11 is 0. The van der Waals surface area contributed by atoms with Crippen LogP contribution in [0.25, 0.3) is 0 Å². The molecule has 0 saturated carbocycles. The predicted octanol–water partition coefficient (Wildman–Crippen LogP) is 1.15. The van der Waals surface area contributed by atoms with Crippen molar-refractivity contribution in [2.24, 2.45) is 0 Å². The molecule has 0 atom stereocenters. The molecule has 1 N–H and O–H groups in total. The first-order valence-electron chi connectivity index (χ1n) is 5.78. The lowest BCUT2D eigenvalue weighted by atomic mass is 10.3. The van der Waals surface area contributed by atoms with Crippen LogP contribution in [0, 0.1) is 10.1 Å². The molecule has 102 valence electrons. The van der Waals surface area contributed by atoms with Gasteiger partial charge in [0.1, 0.15) is 13.2 Å². The maximum absolute atomic E-state index is 11.0. The molecule has 0 aromatic heterocycles. The highest BCUT2D eigenvalue weighted by atomic mass is 17.0. The van der Waals surface area contributed by atoms with Crippen LogP contribution in [-0.2, 0) is 14.4 Å². The maximum Gasteiger partial charge on any atom is 0.294 e. The molecule has 0 aliphatic heterocycles. The number of amides is 1. The van der Waals surface area contributed by atoms with Crippen LogP contribution in [0.2, 0.25) is 0 Å². The van der Waals surface area contributed by atoms with Gasteiger partial charge in [0, 0.05) is 6.54 Å². The van der Waals surface area contributed by atoms with Crippen LogP contribution in [-0.4, -0.2) is 37.4 Å². The molecule has 0 radical (unpaired) electrons. The minimum atomic E-state index is -0.898. The van der Waals surface area contributed by atoms with E-state index < -0.39 is 5.09 Å². The Morgan fingerprint density at radius 2 is 2.00 bits per heavy atom. The third-order valence-corrected chi connectivity index (χ3v) is 1.51. The van der Waals surface area contributed by atoms with E-state index in [2.05, 4.69) is 10.2 Å². The highest BCUT2D eigenvalue weighted by molar-refractivity contribution is 5.77. The minimum Gasteiger partial charge on any atom is -0.370 e. The lowest BCUT2D eigenvalue weighted by Gasteiger charge is -2.04. The molecule has 0 fully saturated rings. The van der Waals surface area contributed by atoms with Crippen LogP contribution in [0.5, 0.6) is 0 Å². The van der Waals surface area contributed by atoms with Crippen molar-refractivity contribution in [1.82, 2.24) is 5.32 Å². The molecule has 0 aromatic carbocycles. The number of hydrogen-bond donors (Lipinski definition) is 1. The van der Waals surface area contributed by atoms with Gasteiger partial charge in [-0.25, -0.2) is 0 Å². The topological polar surface area (TPSA) is 90.7 Å². The van der Waals surface area contributed by atoms with Crippen molar-refractivity contribution in [1.29, 1.82) is 0 Å². The number of nitrogens with zero attached hydrogens (tertiary/aromatic N) is 1. The normalized spacial score (nSPS) is 8.88. The SMILES string of the molecule is CC.CCCCNC(=O)COCCO[N+](=O)[O-]. The summed E-state index contributed by atoms with van der Waals surface area (Å²) in [6.45, 7) is 6.43. The summed E-state index contributed by atoms with van der Waals surface area (Å²) in [4.78, 5) is 24.7. The molecule has 0 bridgehead atoms. The lowest BCUT2D eigenvalue weighted by molar-refractivity contribution is -0.758. The number of ether oxygens (including phenoxy) is 1. The van der Waals surface area contributed by atoms with Gasteiger partial charge in [0.25, 0.3) is 5.09 Å². The Labute approximate surface area is 102 Å². The van der Waals surface area contributed by atoms with Gasteiger partial charge in [-0.05, 0) is 6.42 Å². The standard InChI is InChI=1S/C8H16N2O5.C2H6/c1-2-3-4-9-8(11)7-14-5-6-15-10(12)13;1-2/h2-7H2,1H3,(H,9,11);1-2H3. The first-order chi connectivity index (χ1) is 8.16. The number of rotatable bonds is 9. The first kappa shape index (κ1) is 18.0. The first-order valence-corrected chi connectivity index (χ1v) is 5.78. The Morgan fingerprint density at radius 1 is 1.35 bits per heavy atom. The van der Waals surface area contributed by atoms with Crippen LogP contribution in [0.1, 0.15) is 33.6 Å². The molecule has 1 amide bonds. The molecule has 0 heterocycles. The summed E-state index contributed by atoms with van der Waals surface area (Å²) in [5.74, 6) is -0.218. The Bertz CT molecular complexity index is 199. The summed E-state index contributed by atoms with van der Waals surface area (Å²) < 4.78 is 4.84. The summed E-state index contributed by atoms with van der Waals surface area (Å²) in [6.07, 6.45) is 1.94. The van der Waals surface area contributed by atoms with E-state index in [1.165, 1.54) is 0 Å². The van der Waals surface area contributed by atoms with Crippen molar-refractivity contribution < 1.29 is 19.5 Å². The summed E-state index contributed by atoms with van der Waals surface area (Å²) in [5.41, 5.74) is 0. The third-order valence-electron chi connectivity index (χ3n) is 1.51. The molecule has 0 aromatic rings. The van der Waals surface area contributed by atoms with E-state index in [-0.39, 0.29) is 25.7 Å². The number of carbonyl (C=O) groups excluding carboxylic acids is 1. The van der Waals surface area contributed by atoms with E-state index >= 15 is 0 Å². The van der Waals surface area contributed by atoms with E-state index in [4.69, 9.17) is 4.74 Å². The summed E-state index contributed by atoms with van der Waals surface area (Å²) in [7, 11) is 0. The van der Waals surface area contributed by atoms with Gasteiger partial charge in [-0.15, -0.1) is 10.1 Å². The van der Waals surface area contributed by atoms with Crippen LogP contribution in [0.4, 0.5) is 0 Å². The van der Waals surface area contributed by atoms with E-state index in [1.54, 1.807) is 0 Å². The molecule has 0 rings (SSSR count). The second-order valence-corrected chi connectivity index (χ2v) is 2.81. The Morgan fingerprint density at radius 3 is 2.53 bits per heavy atom. The minimum absolute atomic E-state index is 0.0299. The Balaban J connectivity index is 0. The van der Waals surface area contributed by atoms with E-state index in [1.807, 2.05) is 20.8 Å². The number of carbonyl (C=O) groups is 1. The highest BCUT2D eigenvalue weighted by Gasteiger charge is 2.00. The van der Waals surface area contributed by atoms with E-state index in [0.29, 0.717) is 6.54 Å². The molecule has 0 aliphatic rings. The Kier molecular flexibility index (Phi) is 15.5. The molecule has 7 heteroatoms. The van der Waals surface area contributed by atoms with Crippen molar-refractivity contribution in [2.75, 3.05) is 26.4 Å². The zero-order chi connectivity index (χ0) is 13.5. The second-order valence-electron chi connectivity index (χ2n) is 2.81. The van der Waals surface area contributed by atoms with Crippen LogP contribution in [0.15, 0.2) is 0 Å². The van der Waals surface area contributed by atoms with E-state index in [0.717, 1.165) is 12.8 Å². The van der Waals surface area contributed by atoms with Crippen molar-refractivity contribution in [3.8, 4) is 0 Å². The summed E-state index contributed by atoms with van der Waals surface area (Å²) in [5, 5.41) is 11.5. The second kappa shape index (κ2) is 14.6. The van der Waals surface area contributed by atoms with Gasteiger partial charge in [0.05, 0.1) is 6.61 Å². The smallest absolute Gasteiger partial charge is 0.294 e. The highest BCUT2D eigenvalue weighted by Crippen LogP contribution is 1.83. The average Bonchev–Trinajstić information content (AvgIpc) is 2.31. The van der Waals surface area contributed by atoms with Gasteiger partial charge in [0.15, 0.2) is 0 Å². The van der Waals surface area contributed by atoms with Crippen molar-refractivity contribution in [2.45, 2.75) is 33.6 Å². The maximum atomic E-state index is 11.0. The van der Waals surface area contributed by atoms with Gasteiger partial charge < -0.3 is 14.9 Å². The summed E-state index contributed by atoms with van der Waals surface area (Å²) in [6, 6.07) is 0. The van der Waals surface area contributed by atoms with Gasteiger partial charge >= 0.3 is 0 Å². The van der Waals surface area contributed by atoms with Crippen molar-refractivity contribution in [3.05, 3.63) is 10.1 Å². The molecular weight excluding hydrogens is 228 g/mol.